The van der Waals surface area contributed by atoms with E-state index in [4.69, 9.17) is 4.74 Å². The van der Waals surface area contributed by atoms with Crippen LogP contribution in [0.2, 0.25) is 0 Å². The molecule has 2 aromatic carbocycles. The molecular formula is C37H47N9O3. The van der Waals surface area contributed by atoms with Crippen molar-refractivity contribution in [3.63, 3.8) is 0 Å². The fourth-order valence-corrected chi connectivity index (χ4v) is 7.23. The van der Waals surface area contributed by atoms with Crippen molar-refractivity contribution in [2.45, 2.75) is 63.2 Å². The van der Waals surface area contributed by atoms with Gasteiger partial charge in [-0.3, -0.25) is 14.6 Å². The molecule has 1 amide bonds. The van der Waals surface area contributed by atoms with Gasteiger partial charge in [0.2, 0.25) is 5.91 Å². The maximum absolute atomic E-state index is 12.6. The Kier molecular flexibility index (Phi) is 10.9. The van der Waals surface area contributed by atoms with Crippen LogP contribution >= 0.6 is 0 Å². The SMILES string of the molecule is C=CC(=O)Nc1cc(Nc2cc(N[C@H](CCO)c3cccc(C#N)c3)ncn2)c(OC)cc1N1CCC(N2CCN(C3CC3)C[C@H]2C)CC1. The molecule has 0 spiro atoms. The number of ether oxygens (including phenoxy) is 1. The molecule has 0 bridgehead atoms. The number of amides is 1. The number of piperazine rings is 1. The van der Waals surface area contributed by atoms with E-state index in [1.807, 2.05) is 24.3 Å². The van der Waals surface area contributed by atoms with Crippen LogP contribution in [0.25, 0.3) is 0 Å². The number of carbonyl (C=O) groups excluding carboxylic acids is 1. The minimum Gasteiger partial charge on any atom is -0.494 e. The highest BCUT2D eigenvalue weighted by Crippen LogP contribution is 2.40. The van der Waals surface area contributed by atoms with E-state index in [-0.39, 0.29) is 18.6 Å². The number of nitrogens with one attached hydrogen (secondary N) is 3. The quantitative estimate of drug-likeness (QED) is 0.185. The minimum absolute atomic E-state index is 0.0401. The number of nitrogens with zero attached hydrogens (tertiary/aromatic N) is 6. The van der Waals surface area contributed by atoms with Gasteiger partial charge in [-0.1, -0.05) is 18.7 Å². The summed E-state index contributed by atoms with van der Waals surface area (Å²) in [5.41, 5.74) is 3.60. The van der Waals surface area contributed by atoms with Gasteiger partial charge in [-0.25, -0.2) is 9.97 Å². The molecular weight excluding hydrogens is 618 g/mol. The first-order chi connectivity index (χ1) is 23.9. The van der Waals surface area contributed by atoms with Crippen molar-refractivity contribution in [2.24, 2.45) is 0 Å². The van der Waals surface area contributed by atoms with Crippen molar-refractivity contribution < 1.29 is 14.6 Å². The average molecular weight is 666 g/mol. The summed E-state index contributed by atoms with van der Waals surface area (Å²) in [7, 11) is 1.63. The molecule has 3 aliphatic rings. The molecule has 2 saturated heterocycles. The van der Waals surface area contributed by atoms with Gasteiger partial charge in [0.15, 0.2) is 0 Å². The zero-order chi connectivity index (χ0) is 34.3. The fraction of sp³-hybridized carbons (Fsp3) is 0.459. The van der Waals surface area contributed by atoms with Crippen molar-refractivity contribution in [3.8, 4) is 11.8 Å². The smallest absolute Gasteiger partial charge is 0.247 e. The number of hydrogen-bond donors (Lipinski definition) is 4. The van der Waals surface area contributed by atoms with Gasteiger partial charge in [0.05, 0.1) is 41.8 Å². The average Bonchev–Trinajstić information content (AvgIpc) is 3.98. The lowest BCUT2D eigenvalue weighted by molar-refractivity contribution is -0.111. The van der Waals surface area contributed by atoms with E-state index in [1.165, 1.54) is 31.8 Å². The van der Waals surface area contributed by atoms with Crippen LogP contribution in [-0.4, -0.2) is 95.3 Å². The normalized spacial score (nSPS) is 19.5. The lowest BCUT2D eigenvalue weighted by atomic mass is 9.99. The van der Waals surface area contributed by atoms with E-state index in [2.05, 4.69) is 60.2 Å². The minimum atomic E-state index is -0.293. The molecule has 3 fully saturated rings. The Morgan fingerprint density at radius 1 is 1.08 bits per heavy atom. The molecule has 4 N–H and O–H groups in total. The van der Waals surface area contributed by atoms with E-state index >= 15 is 0 Å². The van der Waals surface area contributed by atoms with Crippen molar-refractivity contribution in [1.29, 1.82) is 5.26 Å². The second-order valence-corrected chi connectivity index (χ2v) is 13.2. The van der Waals surface area contributed by atoms with Gasteiger partial charge in [0, 0.05) is 69.6 Å². The van der Waals surface area contributed by atoms with E-state index in [0.29, 0.717) is 52.8 Å². The Balaban J connectivity index is 1.18. The summed E-state index contributed by atoms with van der Waals surface area (Å²) in [6.07, 6.45) is 7.97. The zero-order valence-corrected chi connectivity index (χ0v) is 28.4. The summed E-state index contributed by atoms with van der Waals surface area (Å²) in [5, 5.41) is 28.8. The Labute approximate surface area is 288 Å². The molecule has 0 unspecified atom stereocenters. The number of methoxy groups -OCH3 is 1. The predicted octanol–water partition coefficient (Wildman–Crippen LogP) is 4.90. The number of aliphatic hydroxyl groups excluding tert-OH is 1. The van der Waals surface area contributed by atoms with Gasteiger partial charge in [-0.05, 0) is 68.9 Å². The number of nitriles is 1. The fourth-order valence-electron chi connectivity index (χ4n) is 7.23. The molecule has 258 valence electrons. The number of anilines is 5. The van der Waals surface area contributed by atoms with Crippen LogP contribution in [0.1, 0.15) is 56.2 Å². The molecule has 6 rings (SSSR count). The Bertz CT molecular complexity index is 1660. The monoisotopic (exact) mass is 665 g/mol. The van der Waals surface area contributed by atoms with Crippen molar-refractivity contribution in [3.05, 3.63) is 72.6 Å². The van der Waals surface area contributed by atoms with Gasteiger partial charge in [0.25, 0.3) is 0 Å². The summed E-state index contributed by atoms with van der Waals surface area (Å²) in [6, 6.07) is 16.7. The maximum Gasteiger partial charge on any atom is 0.247 e. The van der Waals surface area contributed by atoms with Gasteiger partial charge >= 0.3 is 0 Å². The summed E-state index contributed by atoms with van der Waals surface area (Å²) in [6.45, 7) is 11.2. The molecule has 49 heavy (non-hydrogen) atoms. The number of aliphatic hydroxyl groups is 1. The molecule has 3 heterocycles. The van der Waals surface area contributed by atoms with Crippen LogP contribution in [0, 0.1) is 11.3 Å². The summed E-state index contributed by atoms with van der Waals surface area (Å²) in [5.74, 6) is 1.37. The topological polar surface area (TPSA) is 142 Å². The standard InChI is InChI=1S/C37H47N9O3/c1-4-37(48)43-31-19-32(42-36-21-35(39-24-40-36)41-30(12-17-47)27-7-5-6-26(18-27)22-38)34(49-3)20-33(31)44-13-10-29(11-14-44)46-16-15-45(23-25(46)2)28-8-9-28/h4-7,18-21,24-25,28-30,47H,1,8-17,23H2,2-3H3,(H,43,48)(H2,39,40,41,42)/t25-,30-/m1/s1. The lowest BCUT2D eigenvalue weighted by Crippen LogP contribution is -2.57. The Morgan fingerprint density at radius 3 is 2.57 bits per heavy atom. The highest BCUT2D eigenvalue weighted by molar-refractivity contribution is 6.02. The second kappa shape index (κ2) is 15.7. The molecule has 1 aliphatic carbocycles. The predicted molar refractivity (Wildman–Crippen MR) is 192 cm³/mol. The molecule has 1 saturated carbocycles. The van der Waals surface area contributed by atoms with Crippen LogP contribution < -0.4 is 25.6 Å². The Hall–Kier alpha value is -4.70. The first-order valence-corrected chi connectivity index (χ1v) is 17.3. The third-order valence-corrected chi connectivity index (χ3v) is 9.90. The van der Waals surface area contributed by atoms with Crippen LogP contribution in [0.4, 0.5) is 28.7 Å². The number of carbonyl (C=O) groups is 1. The molecule has 2 atom stereocenters. The third kappa shape index (κ3) is 8.31. The highest BCUT2D eigenvalue weighted by atomic mass is 16.5. The number of hydrogen-bond acceptors (Lipinski definition) is 11. The Morgan fingerprint density at radius 2 is 1.88 bits per heavy atom. The maximum atomic E-state index is 12.6. The van der Waals surface area contributed by atoms with E-state index < -0.39 is 0 Å². The number of benzene rings is 2. The second-order valence-electron chi connectivity index (χ2n) is 13.2. The van der Waals surface area contributed by atoms with E-state index in [0.717, 1.165) is 56.3 Å². The first kappa shape index (κ1) is 34.2. The van der Waals surface area contributed by atoms with Crippen LogP contribution in [0.15, 0.2) is 61.4 Å². The summed E-state index contributed by atoms with van der Waals surface area (Å²) in [4.78, 5) is 29.1. The third-order valence-electron chi connectivity index (χ3n) is 9.90. The van der Waals surface area contributed by atoms with Gasteiger partial charge < -0.3 is 30.7 Å². The molecule has 1 aromatic heterocycles. The van der Waals surface area contributed by atoms with Crippen molar-refractivity contribution in [1.82, 2.24) is 19.8 Å². The highest BCUT2D eigenvalue weighted by Gasteiger charge is 2.37. The molecule has 2 aliphatic heterocycles. The summed E-state index contributed by atoms with van der Waals surface area (Å²) >= 11 is 0. The lowest BCUT2D eigenvalue weighted by Gasteiger charge is -2.47. The number of aromatic nitrogens is 2. The molecule has 12 heteroatoms. The first-order valence-electron chi connectivity index (χ1n) is 17.3. The number of rotatable bonds is 13. The summed E-state index contributed by atoms with van der Waals surface area (Å²) < 4.78 is 5.86. The van der Waals surface area contributed by atoms with Gasteiger partial charge in [0.1, 0.15) is 23.7 Å². The largest absolute Gasteiger partial charge is 0.494 e. The van der Waals surface area contributed by atoms with E-state index in [9.17, 15) is 15.2 Å². The number of piperidine rings is 1. The van der Waals surface area contributed by atoms with Crippen LogP contribution in [0.3, 0.4) is 0 Å². The van der Waals surface area contributed by atoms with Gasteiger partial charge in [-0.15, -0.1) is 0 Å². The van der Waals surface area contributed by atoms with E-state index in [1.54, 1.807) is 25.3 Å². The van der Waals surface area contributed by atoms with Crippen molar-refractivity contribution in [2.75, 3.05) is 67.3 Å². The molecule has 0 radical (unpaired) electrons. The zero-order valence-electron chi connectivity index (χ0n) is 28.4. The van der Waals surface area contributed by atoms with Crippen LogP contribution in [-0.2, 0) is 4.79 Å². The van der Waals surface area contributed by atoms with Crippen LogP contribution in [0.5, 0.6) is 5.75 Å². The van der Waals surface area contributed by atoms with Gasteiger partial charge in [-0.2, -0.15) is 5.26 Å². The van der Waals surface area contributed by atoms with Crippen molar-refractivity contribution >= 4 is 34.6 Å². The molecule has 12 nitrogen and oxygen atoms in total. The molecule has 3 aromatic rings.